The Morgan fingerprint density at radius 2 is 2.21 bits per heavy atom. The van der Waals surface area contributed by atoms with Gasteiger partial charge in [-0.1, -0.05) is 6.07 Å². The van der Waals surface area contributed by atoms with E-state index in [0.717, 1.165) is 17.0 Å². The van der Waals surface area contributed by atoms with Gasteiger partial charge in [0, 0.05) is 12.6 Å². The molecule has 0 aliphatic heterocycles. The first kappa shape index (κ1) is 11.5. The van der Waals surface area contributed by atoms with Gasteiger partial charge in [0.2, 0.25) is 0 Å². The molecule has 0 radical (unpaired) electrons. The average molecular weight is 258 g/mol. The lowest BCUT2D eigenvalue weighted by Gasteiger charge is -2.20. The molecule has 3 nitrogen and oxygen atoms in total. The van der Waals surface area contributed by atoms with Gasteiger partial charge >= 0.3 is 0 Å². The summed E-state index contributed by atoms with van der Waals surface area (Å²) in [7, 11) is 4.14. The first-order chi connectivity index (χ1) is 6.59. The van der Waals surface area contributed by atoms with Gasteiger partial charge in [0.05, 0.1) is 0 Å². The van der Waals surface area contributed by atoms with E-state index in [-0.39, 0.29) is 0 Å². The summed E-state index contributed by atoms with van der Waals surface area (Å²) in [5.74, 6) is 0.910. The third-order valence-corrected chi connectivity index (χ3v) is 2.62. The summed E-state index contributed by atoms with van der Waals surface area (Å²) in [4.78, 5) is 6.46. The smallest absolute Gasteiger partial charge is 0.127 e. The maximum Gasteiger partial charge on any atom is 0.127 e. The molecule has 14 heavy (non-hydrogen) atoms. The van der Waals surface area contributed by atoms with Crippen molar-refractivity contribution < 1.29 is 0 Å². The van der Waals surface area contributed by atoms with Gasteiger partial charge in [-0.15, -0.1) is 0 Å². The number of aromatic nitrogens is 1. The van der Waals surface area contributed by atoms with Gasteiger partial charge < -0.3 is 10.2 Å². The fraction of sp³-hybridized carbons (Fsp3) is 0.500. The monoisotopic (exact) mass is 257 g/mol. The molecule has 1 unspecified atom stereocenters. The van der Waals surface area contributed by atoms with Crippen LogP contribution in [0.3, 0.4) is 0 Å². The molecule has 0 saturated heterocycles. The van der Waals surface area contributed by atoms with Gasteiger partial charge in [0.1, 0.15) is 10.4 Å². The first-order valence-corrected chi connectivity index (χ1v) is 5.41. The van der Waals surface area contributed by atoms with Crippen LogP contribution in [0.5, 0.6) is 0 Å². The second-order valence-corrected chi connectivity index (χ2v) is 4.35. The molecule has 1 atom stereocenters. The summed E-state index contributed by atoms with van der Waals surface area (Å²) in [6.45, 7) is 3.07. The van der Waals surface area contributed by atoms with Crippen LogP contribution >= 0.6 is 15.9 Å². The van der Waals surface area contributed by atoms with Crippen molar-refractivity contribution in [1.82, 2.24) is 9.88 Å². The van der Waals surface area contributed by atoms with Crippen molar-refractivity contribution in [3.05, 3.63) is 22.8 Å². The Bertz CT molecular complexity index is 288. The average Bonchev–Trinajstić information content (AvgIpc) is 2.14. The zero-order chi connectivity index (χ0) is 10.6. The molecule has 1 heterocycles. The van der Waals surface area contributed by atoms with E-state index in [9.17, 15) is 0 Å². The lowest BCUT2D eigenvalue weighted by Crippen LogP contribution is -2.31. The molecule has 0 bridgehead atoms. The van der Waals surface area contributed by atoms with E-state index in [1.807, 2.05) is 18.2 Å². The minimum atomic E-state index is 0.496. The highest BCUT2D eigenvalue weighted by molar-refractivity contribution is 9.10. The first-order valence-electron chi connectivity index (χ1n) is 4.62. The summed E-state index contributed by atoms with van der Waals surface area (Å²) >= 11 is 3.34. The van der Waals surface area contributed by atoms with Crippen LogP contribution in [0, 0.1) is 0 Å². The van der Waals surface area contributed by atoms with E-state index >= 15 is 0 Å². The molecule has 0 aromatic carbocycles. The Balaban J connectivity index is 2.45. The molecule has 1 aromatic rings. The molecule has 4 heteroatoms. The third-order valence-electron chi connectivity index (χ3n) is 2.18. The highest BCUT2D eigenvalue weighted by atomic mass is 79.9. The van der Waals surface area contributed by atoms with Gasteiger partial charge in [-0.2, -0.15) is 0 Å². The summed E-state index contributed by atoms with van der Waals surface area (Å²) in [5, 5.41) is 3.28. The Morgan fingerprint density at radius 3 is 2.79 bits per heavy atom. The predicted octanol–water partition coefficient (Wildman–Crippen LogP) is 2.21. The molecule has 1 rings (SSSR count). The summed E-state index contributed by atoms with van der Waals surface area (Å²) in [5.41, 5.74) is 0. The van der Waals surface area contributed by atoms with Crippen LogP contribution in [0.2, 0.25) is 0 Å². The van der Waals surface area contributed by atoms with Crippen molar-refractivity contribution in [2.75, 3.05) is 26.0 Å². The Hall–Kier alpha value is -0.610. The van der Waals surface area contributed by atoms with Crippen molar-refractivity contribution in [3.63, 3.8) is 0 Å². The lowest BCUT2D eigenvalue weighted by atomic mass is 10.3. The second kappa shape index (κ2) is 5.32. The highest BCUT2D eigenvalue weighted by Crippen LogP contribution is 2.10. The molecular formula is C10H16BrN3. The number of nitrogens with one attached hydrogen (secondary N) is 1. The predicted molar refractivity (Wildman–Crippen MR) is 63.6 cm³/mol. The Kier molecular flexibility index (Phi) is 4.35. The number of rotatable bonds is 4. The van der Waals surface area contributed by atoms with Gasteiger partial charge in [-0.3, -0.25) is 0 Å². The number of anilines is 1. The standard InChI is InChI=1S/C10H16BrN3/c1-8(14(2)3)7-12-10-6-4-5-9(11)13-10/h4-6,8H,7H2,1-3H3,(H,12,13). The fourth-order valence-corrected chi connectivity index (χ4v) is 1.29. The molecule has 0 spiro atoms. The van der Waals surface area contributed by atoms with E-state index in [1.165, 1.54) is 0 Å². The topological polar surface area (TPSA) is 28.2 Å². The maximum absolute atomic E-state index is 4.29. The van der Waals surface area contributed by atoms with Crippen molar-refractivity contribution >= 4 is 21.7 Å². The number of halogens is 1. The number of likely N-dealkylation sites (N-methyl/N-ethyl adjacent to an activating group) is 1. The van der Waals surface area contributed by atoms with Crippen molar-refractivity contribution in [2.24, 2.45) is 0 Å². The van der Waals surface area contributed by atoms with Gasteiger partial charge in [-0.05, 0) is 49.1 Å². The van der Waals surface area contributed by atoms with Crippen LogP contribution in [0.1, 0.15) is 6.92 Å². The number of nitrogens with zero attached hydrogens (tertiary/aromatic N) is 2. The third kappa shape index (κ3) is 3.64. The van der Waals surface area contributed by atoms with Crippen LogP contribution in [0.4, 0.5) is 5.82 Å². The minimum Gasteiger partial charge on any atom is -0.368 e. The van der Waals surface area contributed by atoms with Crippen LogP contribution in [-0.4, -0.2) is 36.6 Å². The zero-order valence-electron chi connectivity index (χ0n) is 8.79. The Labute approximate surface area is 93.7 Å². The molecule has 0 aliphatic rings. The van der Waals surface area contributed by atoms with Crippen LogP contribution < -0.4 is 5.32 Å². The Morgan fingerprint density at radius 1 is 1.50 bits per heavy atom. The summed E-state index contributed by atoms with van der Waals surface area (Å²) in [6, 6.07) is 6.35. The molecule has 1 N–H and O–H groups in total. The minimum absolute atomic E-state index is 0.496. The van der Waals surface area contributed by atoms with Crippen LogP contribution in [-0.2, 0) is 0 Å². The van der Waals surface area contributed by atoms with E-state index in [0.29, 0.717) is 6.04 Å². The van der Waals surface area contributed by atoms with E-state index in [1.54, 1.807) is 0 Å². The normalized spacial score (nSPS) is 12.9. The second-order valence-electron chi connectivity index (χ2n) is 3.54. The maximum atomic E-state index is 4.29. The highest BCUT2D eigenvalue weighted by Gasteiger charge is 2.03. The SMILES string of the molecule is CC(CNc1cccc(Br)n1)N(C)C. The summed E-state index contributed by atoms with van der Waals surface area (Å²) in [6.07, 6.45) is 0. The molecule has 0 fully saturated rings. The van der Waals surface area contributed by atoms with Crippen molar-refractivity contribution in [3.8, 4) is 0 Å². The molecule has 78 valence electrons. The number of hydrogen-bond donors (Lipinski definition) is 1. The number of pyridine rings is 1. The van der Waals surface area contributed by atoms with Crippen molar-refractivity contribution in [1.29, 1.82) is 0 Å². The van der Waals surface area contributed by atoms with Crippen molar-refractivity contribution in [2.45, 2.75) is 13.0 Å². The van der Waals surface area contributed by atoms with E-state index < -0.39 is 0 Å². The van der Waals surface area contributed by atoms with Crippen LogP contribution in [0.15, 0.2) is 22.8 Å². The largest absolute Gasteiger partial charge is 0.368 e. The van der Waals surface area contributed by atoms with Gasteiger partial charge in [0.25, 0.3) is 0 Å². The summed E-state index contributed by atoms with van der Waals surface area (Å²) < 4.78 is 0.861. The number of hydrogen-bond acceptors (Lipinski definition) is 3. The molecular weight excluding hydrogens is 242 g/mol. The molecule has 1 aromatic heterocycles. The van der Waals surface area contributed by atoms with Gasteiger partial charge in [-0.25, -0.2) is 4.98 Å². The molecule has 0 amide bonds. The van der Waals surface area contributed by atoms with E-state index in [2.05, 4.69) is 52.1 Å². The lowest BCUT2D eigenvalue weighted by molar-refractivity contribution is 0.326. The van der Waals surface area contributed by atoms with Crippen LogP contribution in [0.25, 0.3) is 0 Å². The fourth-order valence-electron chi connectivity index (χ4n) is 0.942. The molecule has 0 aliphatic carbocycles. The van der Waals surface area contributed by atoms with Gasteiger partial charge in [0.15, 0.2) is 0 Å². The zero-order valence-corrected chi connectivity index (χ0v) is 10.4. The quantitative estimate of drug-likeness (QED) is 0.839. The molecule has 0 saturated carbocycles. The van der Waals surface area contributed by atoms with E-state index in [4.69, 9.17) is 0 Å².